The van der Waals surface area contributed by atoms with E-state index in [1.54, 1.807) is 0 Å². The molecule has 47 heavy (non-hydrogen) atoms. The van der Waals surface area contributed by atoms with Crippen molar-refractivity contribution in [1.82, 2.24) is 0 Å². The molecule has 3 nitrogen and oxygen atoms in total. The lowest BCUT2D eigenvalue weighted by Gasteiger charge is -2.28. The first kappa shape index (κ1) is 32.8. The van der Waals surface area contributed by atoms with E-state index in [4.69, 9.17) is 4.74 Å². The largest absolute Gasteiger partial charge is 0.457 e. The van der Waals surface area contributed by atoms with Gasteiger partial charge in [0.1, 0.15) is 11.5 Å². The fraction of sp³-hybridized carbons (Fsp3) is 0.386. The smallest absolute Gasteiger partial charge is 0.225 e. The van der Waals surface area contributed by atoms with E-state index in [9.17, 15) is 4.79 Å². The second kappa shape index (κ2) is 15.2. The summed E-state index contributed by atoms with van der Waals surface area (Å²) in [5, 5.41) is 3.37. The Morgan fingerprint density at radius 3 is 2.15 bits per heavy atom. The van der Waals surface area contributed by atoms with Gasteiger partial charge in [0.15, 0.2) is 0 Å². The van der Waals surface area contributed by atoms with Crippen molar-refractivity contribution in [2.75, 3.05) is 5.32 Å². The third kappa shape index (κ3) is 8.63. The maximum Gasteiger partial charge on any atom is 0.225 e. The van der Waals surface area contributed by atoms with Gasteiger partial charge in [0, 0.05) is 29.2 Å². The Labute approximate surface area is 282 Å². The maximum atomic E-state index is 13.9. The zero-order chi connectivity index (χ0) is 32.6. The molecule has 0 saturated heterocycles. The van der Waals surface area contributed by atoms with Crippen LogP contribution in [0.3, 0.4) is 0 Å². The summed E-state index contributed by atoms with van der Waals surface area (Å²) in [6, 6.07) is 33.7. The summed E-state index contributed by atoms with van der Waals surface area (Å²) < 4.78 is 6.20. The average Bonchev–Trinajstić information content (AvgIpc) is 3.07. The van der Waals surface area contributed by atoms with E-state index in [1.807, 2.05) is 36.4 Å². The molecule has 1 aliphatic heterocycles. The van der Waals surface area contributed by atoms with Crippen LogP contribution in [-0.4, -0.2) is 5.91 Å². The summed E-state index contributed by atoms with van der Waals surface area (Å²) in [6.45, 7) is 6.65. The highest BCUT2D eigenvalue weighted by Gasteiger charge is 2.29. The van der Waals surface area contributed by atoms with Crippen LogP contribution in [0.15, 0.2) is 103 Å². The Kier molecular flexibility index (Phi) is 10.6. The van der Waals surface area contributed by atoms with Gasteiger partial charge >= 0.3 is 0 Å². The first-order chi connectivity index (χ1) is 22.8. The molecule has 0 spiro atoms. The Morgan fingerprint density at radius 2 is 1.47 bits per heavy atom. The van der Waals surface area contributed by atoms with Crippen molar-refractivity contribution in [3.8, 4) is 11.5 Å². The van der Waals surface area contributed by atoms with E-state index in [0.717, 1.165) is 64.6 Å². The summed E-state index contributed by atoms with van der Waals surface area (Å²) >= 11 is 0. The molecule has 0 unspecified atom stereocenters. The highest BCUT2D eigenvalue weighted by atomic mass is 16.5. The van der Waals surface area contributed by atoms with Crippen molar-refractivity contribution < 1.29 is 9.53 Å². The molecule has 1 heterocycles. The monoisotopic (exact) mass is 625 g/mol. The molecule has 244 valence electrons. The summed E-state index contributed by atoms with van der Waals surface area (Å²) in [6.07, 6.45) is 15.6. The molecule has 0 aromatic heterocycles. The number of hydrogen-bond donors (Lipinski definition) is 1. The molecule has 1 N–H and O–H groups in total. The number of nitrogens with one attached hydrogen (secondary N) is 1. The van der Waals surface area contributed by atoms with Gasteiger partial charge in [-0.05, 0) is 71.9 Å². The van der Waals surface area contributed by atoms with Gasteiger partial charge in [-0.3, -0.25) is 4.79 Å². The maximum absolute atomic E-state index is 13.9. The molecule has 1 saturated carbocycles. The molecule has 0 bridgehead atoms. The van der Waals surface area contributed by atoms with E-state index in [-0.39, 0.29) is 17.2 Å². The number of fused-ring (bicyclic) bond motifs is 2. The van der Waals surface area contributed by atoms with E-state index < -0.39 is 0 Å². The normalized spacial score (nSPS) is 15.4. The van der Waals surface area contributed by atoms with Gasteiger partial charge in [0.2, 0.25) is 5.91 Å². The second-order valence-electron chi connectivity index (χ2n) is 14.7. The SMILES string of the molecule is CC(C)(C)c1ccc(C=C(CCCC2CCCCC2)CCc2ccccc2)cc1NC(=O)CC1c2ccccc2Oc2ccccc21. The highest BCUT2D eigenvalue weighted by Crippen LogP contribution is 2.45. The van der Waals surface area contributed by atoms with Gasteiger partial charge < -0.3 is 10.1 Å². The number of hydrogen-bond acceptors (Lipinski definition) is 2. The molecule has 3 heteroatoms. The molecule has 6 rings (SSSR count). The molecule has 2 aliphatic rings. The Morgan fingerprint density at radius 1 is 0.809 bits per heavy atom. The van der Waals surface area contributed by atoms with Crippen molar-refractivity contribution in [2.24, 2.45) is 5.92 Å². The lowest BCUT2D eigenvalue weighted by Crippen LogP contribution is -2.22. The van der Waals surface area contributed by atoms with Crippen LogP contribution >= 0.6 is 0 Å². The molecule has 1 fully saturated rings. The highest BCUT2D eigenvalue weighted by molar-refractivity contribution is 5.93. The second-order valence-corrected chi connectivity index (χ2v) is 14.7. The van der Waals surface area contributed by atoms with Crippen LogP contribution in [0.25, 0.3) is 6.08 Å². The zero-order valence-electron chi connectivity index (χ0n) is 28.6. The molecule has 4 aromatic carbocycles. The number of benzene rings is 4. The fourth-order valence-electron chi connectivity index (χ4n) is 7.57. The number of allylic oxidation sites excluding steroid dienone is 1. The van der Waals surface area contributed by atoms with Crippen LogP contribution in [0.2, 0.25) is 0 Å². The van der Waals surface area contributed by atoms with Crippen molar-refractivity contribution in [3.05, 3.63) is 130 Å². The van der Waals surface area contributed by atoms with E-state index in [2.05, 4.69) is 92.8 Å². The number of anilines is 1. The van der Waals surface area contributed by atoms with Crippen LogP contribution in [0, 0.1) is 5.92 Å². The third-order valence-electron chi connectivity index (χ3n) is 10.1. The van der Waals surface area contributed by atoms with E-state index in [1.165, 1.54) is 56.1 Å². The number of ether oxygens (including phenoxy) is 1. The van der Waals surface area contributed by atoms with Gasteiger partial charge in [0.25, 0.3) is 0 Å². The lowest BCUT2D eigenvalue weighted by molar-refractivity contribution is -0.116. The van der Waals surface area contributed by atoms with Crippen LogP contribution in [0.1, 0.15) is 119 Å². The standard InChI is InChI=1S/C44H51NO2/c1-44(2,3)39-28-27-35(29-34(26-25-33-17-8-5-9-18-33)20-14-19-32-15-6-4-7-16-32)30-40(39)45-43(46)31-38-36-21-10-12-23-41(36)47-42-24-13-11-22-37(38)42/h5,8-13,17-18,21-24,27-30,32,38H,4,6-7,14-16,19-20,25-26,31H2,1-3H3,(H,45,46). The number of amides is 1. The quantitative estimate of drug-likeness (QED) is 0.180. The van der Waals surface area contributed by atoms with Gasteiger partial charge in [-0.1, -0.05) is 150 Å². The Hall–Kier alpha value is -4.11. The van der Waals surface area contributed by atoms with Gasteiger partial charge in [-0.2, -0.15) is 0 Å². The average molecular weight is 626 g/mol. The van der Waals surface area contributed by atoms with Crippen LogP contribution in [0.4, 0.5) is 5.69 Å². The van der Waals surface area contributed by atoms with Crippen molar-refractivity contribution in [3.63, 3.8) is 0 Å². The summed E-state index contributed by atoms with van der Waals surface area (Å²) in [5.41, 5.74) is 8.12. The zero-order valence-corrected chi connectivity index (χ0v) is 28.6. The van der Waals surface area contributed by atoms with Crippen molar-refractivity contribution in [2.45, 2.75) is 103 Å². The minimum absolute atomic E-state index is 0.0184. The first-order valence-corrected chi connectivity index (χ1v) is 17.9. The molecule has 4 aromatic rings. The fourth-order valence-corrected chi connectivity index (χ4v) is 7.57. The molecular weight excluding hydrogens is 574 g/mol. The van der Waals surface area contributed by atoms with E-state index >= 15 is 0 Å². The van der Waals surface area contributed by atoms with E-state index in [0.29, 0.717) is 6.42 Å². The number of carbonyl (C=O) groups is 1. The van der Waals surface area contributed by atoms with Gasteiger partial charge in [0.05, 0.1) is 0 Å². The van der Waals surface area contributed by atoms with Crippen LogP contribution in [0.5, 0.6) is 11.5 Å². The molecule has 0 atom stereocenters. The Balaban J connectivity index is 1.23. The van der Waals surface area contributed by atoms with Crippen LogP contribution in [-0.2, 0) is 16.6 Å². The number of rotatable bonds is 11. The molecule has 1 amide bonds. The minimum atomic E-state index is -0.112. The van der Waals surface area contributed by atoms with Gasteiger partial charge in [-0.15, -0.1) is 0 Å². The molecule has 0 radical (unpaired) electrons. The lowest BCUT2D eigenvalue weighted by atomic mass is 9.83. The van der Waals surface area contributed by atoms with Crippen molar-refractivity contribution >= 4 is 17.7 Å². The predicted molar refractivity (Wildman–Crippen MR) is 196 cm³/mol. The number of para-hydroxylation sites is 2. The summed E-state index contributed by atoms with van der Waals surface area (Å²) in [7, 11) is 0. The van der Waals surface area contributed by atoms with Crippen LogP contribution < -0.4 is 10.1 Å². The number of carbonyl (C=O) groups excluding carboxylic acids is 1. The first-order valence-electron chi connectivity index (χ1n) is 17.9. The third-order valence-corrected chi connectivity index (χ3v) is 10.1. The number of aryl methyl sites for hydroxylation is 1. The summed E-state index contributed by atoms with van der Waals surface area (Å²) in [4.78, 5) is 13.9. The molecule has 1 aliphatic carbocycles. The summed E-state index contributed by atoms with van der Waals surface area (Å²) in [5.74, 6) is 2.52. The minimum Gasteiger partial charge on any atom is -0.457 e. The van der Waals surface area contributed by atoms with Gasteiger partial charge in [-0.25, -0.2) is 0 Å². The molecular formula is C44H51NO2. The predicted octanol–water partition coefficient (Wildman–Crippen LogP) is 12.0. The van der Waals surface area contributed by atoms with Crippen molar-refractivity contribution in [1.29, 1.82) is 0 Å². The Bertz CT molecular complexity index is 1630. The topological polar surface area (TPSA) is 38.3 Å².